The summed E-state index contributed by atoms with van der Waals surface area (Å²) >= 11 is 0. The Morgan fingerprint density at radius 1 is 1.09 bits per heavy atom. The minimum absolute atomic E-state index is 0.164. The minimum Gasteiger partial charge on any atom is -0.488 e. The number of fused-ring (bicyclic) bond motifs is 1. The molecule has 11 nitrogen and oxygen atoms in total. The Balaban J connectivity index is 1.48. The van der Waals surface area contributed by atoms with E-state index < -0.39 is 6.09 Å². The molecule has 0 saturated carbocycles. The van der Waals surface area contributed by atoms with E-state index in [1.165, 1.54) is 0 Å². The molecule has 3 heterocycles. The Bertz CT molecular complexity index is 1240. The average molecular weight is 463 g/mol. The molecule has 0 bridgehead atoms. The van der Waals surface area contributed by atoms with Gasteiger partial charge < -0.3 is 19.5 Å². The molecule has 0 aliphatic carbocycles. The second-order valence-corrected chi connectivity index (χ2v) is 7.33. The van der Waals surface area contributed by atoms with Gasteiger partial charge in [0.15, 0.2) is 23.0 Å². The summed E-state index contributed by atoms with van der Waals surface area (Å²) in [6.07, 6.45) is 4.00. The van der Waals surface area contributed by atoms with Crippen molar-refractivity contribution in [3.8, 4) is 23.0 Å². The number of hydrogen-bond acceptors (Lipinski definition) is 9. The molecule has 0 atom stereocenters. The fraction of sp³-hybridized carbons (Fsp3) is 0.304. The predicted octanol–water partition coefficient (Wildman–Crippen LogP) is 2.70. The Morgan fingerprint density at radius 3 is 2.74 bits per heavy atom. The lowest BCUT2D eigenvalue weighted by molar-refractivity contribution is 0.146. The van der Waals surface area contributed by atoms with Crippen LogP contribution < -0.4 is 14.8 Å². The molecule has 34 heavy (non-hydrogen) atoms. The van der Waals surface area contributed by atoms with Crippen molar-refractivity contribution in [3.63, 3.8) is 0 Å². The van der Waals surface area contributed by atoms with Crippen molar-refractivity contribution >= 4 is 11.7 Å². The molecule has 4 rings (SSSR count). The zero-order valence-corrected chi connectivity index (χ0v) is 19.0. The number of hydrogen-bond donors (Lipinski definition) is 1. The number of amides is 1. The molecular formula is C23H25N7O4. The molecule has 4 aromatic rings. The van der Waals surface area contributed by atoms with E-state index in [2.05, 4.69) is 30.6 Å². The van der Waals surface area contributed by atoms with Crippen LogP contribution in [0.4, 0.5) is 4.79 Å². The summed E-state index contributed by atoms with van der Waals surface area (Å²) in [5, 5.41) is 15.4. The first-order valence-corrected chi connectivity index (χ1v) is 10.9. The summed E-state index contributed by atoms with van der Waals surface area (Å²) in [7, 11) is 1.62. The van der Waals surface area contributed by atoms with E-state index in [0.29, 0.717) is 49.2 Å². The lowest BCUT2D eigenvalue weighted by Gasteiger charge is -2.07. The zero-order chi connectivity index (χ0) is 23.8. The molecule has 0 aliphatic heterocycles. The van der Waals surface area contributed by atoms with Crippen LogP contribution in [0.5, 0.6) is 11.6 Å². The van der Waals surface area contributed by atoms with Crippen molar-refractivity contribution in [1.29, 1.82) is 0 Å². The maximum absolute atomic E-state index is 11.8. The first-order chi connectivity index (χ1) is 16.7. The summed E-state index contributed by atoms with van der Waals surface area (Å²) in [6, 6.07) is 11.1. The highest BCUT2D eigenvalue weighted by Gasteiger charge is 2.12. The smallest absolute Gasteiger partial charge is 0.413 e. The van der Waals surface area contributed by atoms with Crippen molar-refractivity contribution in [2.24, 2.45) is 0 Å². The van der Waals surface area contributed by atoms with E-state index in [1.807, 2.05) is 31.2 Å². The van der Waals surface area contributed by atoms with Gasteiger partial charge in [0.1, 0.15) is 6.61 Å². The Morgan fingerprint density at radius 2 is 1.94 bits per heavy atom. The maximum atomic E-state index is 11.8. The minimum atomic E-state index is -0.550. The van der Waals surface area contributed by atoms with Crippen LogP contribution in [-0.4, -0.2) is 62.7 Å². The van der Waals surface area contributed by atoms with E-state index in [4.69, 9.17) is 14.2 Å². The average Bonchev–Trinajstić information content (AvgIpc) is 3.25. The van der Waals surface area contributed by atoms with Crippen LogP contribution in [0.2, 0.25) is 0 Å². The van der Waals surface area contributed by atoms with Gasteiger partial charge >= 0.3 is 6.09 Å². The highest BCUT2D eigenvalue weighted by molar-refractivity contribution is 5.69. The molecule has 0 fully saturated rings. The van der Waals surface area contributed by atoms with E-state index in [0.717, 1.165) is 17.5 Å². The van der Waals surface area contributed by atoms with Crippen molar-refractivity contribution in [3.05, 3.63) is 60.2 Å². The Kier molecular flexibility index (Phi) is 7.56. The van der Waals surface area contributed by atoms with Gasteiger partial charge in [-0.3, -0.25) is 0 Å². The van der Waals surface area contributed by atoms with Crippen molar-refractivity contribution in [2.75, 3.05) is 26.9 Å². The highest BCUT2D eigenvalue weighted by Crippen LogP contribution is 2.20. The number of nitrogens with one attached hydrogen (secondary N) is 1. The molecule has 0 unspecified atom stereocenters. The Hall–Kier alpha value is -4.12. The number of carbonyl (C=O) groups is 1. The summed E-state index contributed by atoms with van der Waals surface area (Å²) in [5.41, 5.74) is 2.39. The van der Waals surface area contributed by atoms with Crippen LogP contribution in [0.3, 0.4) is 0 Å². The molecule has 11 heteroatoms. The monoisotopic (exact) mass is 463 g/mol. The fourth-order valence-electron chi connectivity index (χ4n) is 3.12. The Labute approximate surface area is 196 Å². The maximum Gasteiger partial charge on any atom is 0.413 e. The summed E-state index contributed by atoms with van der Waals surface area (Å²) in [6.45, 7) is 3.42. The van der Waals surface area contributed by atoms with Gasteiger partial charge in [0.05, 0.1) is 19.0 Å². The van der Waals surface area contributed by atoms with Gasteiger partial charge in [-0.05, 0) is 24.1 Å². The summed E-state index contributed by atoms with van der Waals surface area (Å²) in [5.74, 6) is 1.93. The lowest BCUT2D eigenvalue weighted by Crippen LogP contribution is -2.27. The van der Waals surface area contributed by atoms with Gasteiger partial charge in [0.25, 0.3) is 0 Å². The third-order valence-electron chi connectivity index (χ3n) is 4.75. The molecule has 3 aromatic heterocycles. The number of nitrogens with zero attached hydrogens (tertiary/aromatic N) is 6. The van der Waals surface area contributed by atoms with Crippen LogP contribution in [-0.2, 0) is 11.2 Å². The van der Waals surface area contributed by atoms with Crippen molar-refractivity contribution < 1.29 is 19.0 Å². The number of benzene rings is 1. The van der Waals surface area contributed by atoms with Gasteiger partial charge in [0, 0.05) is 31.7 Å². The second kappa shape index (κ2) is 11.1. The van der Waals surface area contributed by atoms with Crippen LogP contribution in [0.25, 0.3) is 17.0 Å². The topological polar surface area (TPSA) is 126 Å². The molecule has 0 spiro atoms. The molecule has 0 aliphatic rings. The van der Waals surface area contributed by atoms with E-state index in [1.54, 1.807) is 36.2 Å². The van der Waals surface area contributed by atoms with E-state index in [9.17, 15) is 4.79 Å². The third-order valence-corrected chi connectivity index (χ3v) is 4.75. The zero-order valence-electron chi connectivity index (χ0n) is 19.0. The SMILES string of the molecule is CCCNC(=O)Oc1ccc2nnc(Cc3cccc(-c4ncc(OCCOC)cn4)c3)n2n1. The normalized spacial score (nSPS) is 10.9. The highest BCUT2D eigenvalue weighted by atomic mass is 16.6. The van der Waals surface area contributed by atoms with Gasteiger partial charge in [-0.25, -0.2) is 14.8 Å². The number of aromatic nitrogens is 6. The molecule has 1 aromatic carbocycles. The van der Waals surface area contributed by atoms with E-state index >= 15 is 0 Å². The standard InChI is InChI=1S/C23H25N7O4/c1-3-9-24-23(31)34-21-8-7-19-27-28-20(30(19)29-21)13-16-5-4-6-17(12-16)22-25-14-18(15-26-22)33-11-10-32-2/h4-8,12,14-15H,3,9-11,13H2,1-2H3,(H,24,31). The van der Waals surface area contributed by atoms with Gasteiger partial charge in [-0.1, -0.05) is 25.1 Å². The lowest BCUT2D eigenvalue weighted by atomic mass is 10.1. The molecular weight excluding hydrogens is 438 g/mol. The van der Waals surface area contributed by atoms with Crippen molar-refractivity contribution in [2.45, 2.75) is 19.8 Å². The molecule has 0 saturated heterocycles. The predicted molar refractivity (Wildman–Crippen MR) is 123 cm³/mol. The number of methoxy groups -OCH3 is 1. The summed E-state index contributed by atoms with van der Waals surface area (Å²) < 4.78 is 17.3. The molecule has 176 valence electrons. The largest absolute Gasteiger partial charge is 0.488 e. The first-order valence-electron chi connectivity index (χ1n) is 10.9. The first kappa shape index (κ1) is 23.1. The summed E-state index contributed by atoms with van der Waals surface area (Å²) in [4.78, 5) is 20.6. The molecule has 0 radical (unpaired) electrons. The van der Waals surface area contributed by atoms with Crippen LogP contribution >= 0.6 is 0 Å². The number of rotatable bonds is 10. The molecule has 1 N–H and O–H groups in total. The fourth-order valence-corrected chi connectivity index (χ4v) is 3.12. The molecule has 1 amide bonds. The quantitative estimate of drug-likeness (QED) is 0.353. The number of ether oxygens (including phenoxy) is 3. The number of carbonyl (C=O) groups excluding carboxylic acids is 1. The van der Waals surface area contributed by atoms with Crippen LogP contribution in [0.15, 0.2) is 48.8 Å². The van der Waals surface area contributed by atoms with Crippen LogP contribution in [0, 0.1) is 0 Å². The van der Waals surface area contributed by atoms with Gasteiger partial charge in [-0.2, -0.15) is 4.52 Å². The van der Waals surface area contributed by atoms with E-state index in [-0.39, 0.29) is 5.88 Å². The van der Waals surface area contributed by atoms with Crippen molar-refractivity contribution in [1.82, 2.24) is 35.1 Å². The van der Waals surface area contributed by atoms with Gasteiger partial charge in [-0.15, -0.1) is 15.3 Å². The third kappa shape index (κ3) is 5.81. The second-order valence-electron chi connectivity index (χ2n) is 7.33. The van der Waals surface area contributed by atoms with Crippen LogP contribution in [0.1, 0.15) is 24.7 Å². The van der Waals surface area contributed by atoms with Gasteiger partial charge in [0.2, 0.25) is 5.88 Å².